The van der Waals surface area contributed by atoms with Crippen molar-refractivity contribution in [1.29, 1.82) is 0 Å². The van der Waals surface area contributed by atoms with Crippen molar-refractivity contribution in [1.82, 2.24) is 4.90 Å². The molecule has 1 aliphatic rings. The molecule has 1 heterocycles. The van der Waals surface area contributed by atoms with Crippen molar-refractivity contribution in [3.63, 3.8) is 0 Å². The van der Waals surface area contributed by atoms with Crippen LogP contribution in [0.3, 0.4) is 0 Å². The Kier molecular flexibility index (Phi) is 5.04. The minimum Gasteiger partial charge on any atom is -0.481 e. The zero-order valence-corrected chi connectivity index (χ0v) is 14.3. The Balaban J connectivity index is 1.53. The van der Waals surface area contributed by atoms with Crippen LogP contribution in [0.25, 0.3) is 0 Å². The molecule has 0 aliphatic carbocycles. The summed E-state index contributed by atoms with van der Waals surface area (Å²) in [6.45, 7) is 7.03. The molecule has 24 heavy (non-hydrogen) atoms. The molecule has 2 aromatic carbocycles. The van der Waals surface area contributed by atoms with E-state index < -0.39 is 6.10 Å². The third-order valence-corrected chi connectivity index (χ3v) is 4.39. The molecule has 1 aliphatic heterocycles. The molecule has 1 amide bonds. The molecule has 0 aromatic heterocycles. The van der Waals surface area contributed by atoms with Crippen LogP contribution < -0.4 is 9.64 Å². The van der Waals surface area contributed by atoms with Gasteiger partial charge < -0.3 is 14.5 Å². The van der Waals surface area contributed by atoms with Crippen LogP contribution in [0.2, 0.25) is 0 Å². The number of carbonyl (C=O) groups excluding carboxylic acids is 1. The number of anilines is 1. The van der Waals surface area contributed by atoms with Gasteiger partial charge in [-0.05, 0) is 38.1 Å². The normalized spacial score (nSPS) is 15.9. The molecular formula is C20H24N2O2. The highest BCUT2D eigenvalue weighted by molar-refractivity contribution is 5.81. The highest BCUT2D eigenvalue weighted by atomic mass is 16.5. The van der Waals surface area contributed by atoms with Crippen molar-refractivity contribution in [3.8, 4) is 5.75 Å². The smallest absolute Gasteiger partial charge is 0.263 e. The number of ether oxygens (including phenoxy) is 1. The van der Waals surface area contributed by atoms with Gasteiger partial charge in [0.25, 0.3) is 5.91 Å². The van der Waals surface area contributed by atoms with E-state index in [1.807, 2.05) is 61.2 Å². The van der Waals surface area contributed by atoms with Crippen molar-refractivity contribution in [3.05, 3.63) is 60.2 Å². The molecule has 126 valence electrons. The van der Waals surface area contributed by atoms with E-state index in [0.717, 1.165) is 31.9 Å². The first kappa shape index (κ1) is 16.4. The SMILES string of the molecule is Cc1ccc(O[C@H](C)C(=O)N2CCN(c3ccccc3)CC2)cc1. The van der Waals surface area contributed by atoms with Crippen molar-refractivity contribution in [2.75, 3.05) is 31.1 Å². The number of rotatable bonds is 4. The van der Waals surface area contributed by atoms with E-state index >= 15 is 0 Å². The summed E-state index contributed by atoms with van der Waals surface area (Å²) < 4.78 is 5.79. The van der Waals surface area contributed by atoms with Crippen LogP contribution in [0.1, 0.15) is 12.5 Å². The summed E-state index contributed by atoms with van der Waals surface area (Å²) in [4.78, 5) is 16.8. The third-order valence-electron chi connectivity index (χ3n) is 4.39. The summed E-state index contributed by atoms with van der Waals surface area (Å²) in [5.41, 5.74) is 2.40. The number of para-hydroxylation sites is 1. The van der Waals surface area contributed by atoms with Gasteiger partial charge in [0.2, 0.25) is 0 Å². The molecule has 4 heteroatoms. The van der Waals surface area contributed by atoms with Crippen LogP contribution in [-0.2, 0) is 4.79 Å². The quantitative estimate of drug-likeness (QED) is 0.866. The Bertz CT molecular complexity index is 662. The lowest BCUT2D eigenvalue weighted by atomic mass is 10.2. The molecule has 1 atom stereocenters. The zero-order chi connectivity index (χ0) is 16.9. The van der Waals surface area contributed by atoms with E-state index in [-0.39, 0.29) is 5.91 Å². The Morgan fingerprint density at radius 1 is 0.958 bits per heavy atom. The molecule has 0 saturated carbocycles. The maximum Gasteiger partial charge on any atom is 0.263 e. The molecule has 0 unspecified atom stereocenters. The number of carbonyl (C=O) groups is 1. The standard InChI is InChI=1S/C20H24N2O2/c1-16-8-10-19(11-9-16)24-17(2)20(23)22-14-12-21(13-15-22)18-6-4-3-5-7-18/h3-11,17H,12-15H2,1-2H3/t17-/m1/s1. The van der Waals surface area contributed by atoms with Gasteiger partial charge >= 0.3 is 0 Å². The topological polar surface area (TPSA) is 32.8 Å². The molecule has 0 N–H and O–H groups in total. The number of hydrogen-bond acceptors (Lipinski definition) is 3. The minimum atomic E-state index is -0.462. The number of hydrogen-bond donors (Lipinski definition) is 0. The molecular weight excluding hydrogens is 300 g/mol. The van der Waals surface area contributed by atoms with E-state index in [4.69, 9.17) is 4.74 Å². The average molecular weight is 324 g/mol. The van der Waals surface area contributed by atoms with Crippen LogP contribution in [0.4, 0.5) is 5.69 Å². The summed E-state index contributed by atoms with van der Waals surface area (Å²) in [6, 6.07) is 18.1. The lowest BCUT2D eigenvalue weighted by Crippen LogP contribution is -2.52. The van der Waals surface area contributed by atoms with Crippen LogP contribution in [0, 0.1) is 6.92 Å². The number of nitrogens with zero attached hydrogens (tertiary/aromatic N) is 2. The Labute approximate surface area is 143 Å². The molecule has 2 aromatic rings. The average Bonchev–Trinajstić information content (AvgIpc) is 2.64. The molecule has 1 saturated heterocycles. The summed E-state index contributed by atoms with van der Waals surface area (Å²) >= 11 is 0. The minimum absolute atomic E-state index is 0.0586. The Morgan fingerprint density at radius 3 is 2.21 bits per heavy atom. The second kappa shape index (κ2) is 7.39. The van der Waals surface area contributed by atoms with Gasteiger partial charge in [-0.15, -0.1) is 0 Å². The van der Waals surface area contributed by atoms with Crippen LogP contribution in [0.15, 0.2) is 54.6 Å². The lowest BCUT2D eigenvalue weighted by molar-refractivity contribution is -0.138. The van der Waals surface area contributed by atoms with Crippen LogP contribution in [-0.4, -0.2) is 43.1 Å². The largest absolute Gasteiger partial charge is 0.481 e. The number of piperazine rings is 1. The zero-order valence-electron chi connectivity index (χ0n) is 14.3. The second-order valence-corrected chi connectivity index (χ2v) is 6.22. The molecule has 3 rings (SSSR count). The predicted octanol–water partition coefficient (Wildman–Crippen LogP) is 3.11. The van der Waals surface area contributed by atoms with Gasteiger partial charge in [-0.25, -0.2) is 0 Å². The Morgan fingerprint density at radius 2 is 1.58 bits per heavy atom. The lowest BCUT2D eigenvalue weighted by Gasteiger charge is -2.37. The van der Waals surface area contributed by atoms with Crippen molar-refractivity contribution in [2.45, 2.75) is 20.0 Å². The summed E-state index contributed by atoms with van der Waals surface area (Å²) in [6.07, 6.45) is -0.462. The predicted molar refractivity (Wildman–Crippen MR) is 96.5 cm³/mol. The van der Waals surface area contributed by atoms with Gasteiger partial charge in [-0.3, -0.25) is 4.79 Å². The first-order valence-corrected chi connectivity index (χ1v) is 8.45. The van der Waals surface area contributed by atoms with Crippen molar-refractivity contribution >= 4 is 11.6 Å². The monoisotopic (exact) mass is 324 g/mol. The third kappa shape index (κ3) is 3.88. The highest BCUT2D eigenvalue weighted by Crippen LogP contribution is 2.17. The van der Waals surface area contributed by atoms with Crippen LogP contribution >= 0.6 is 0 Å². The highest BCUT2D eigenvalue weighted by Gasteiger charge is 2.26. The van der Waals surface area contributed by atoms with E-state index in [2.05, 4.69) is 17.0 Å². The van der Waals surface area contributed by atoms with E-state index in [1.54, 1.807) is 0 Å². The van der Waals surface area contributed by atoms with Crippen LogP contribution in [0.5, 0.6) is 5.75 Å². The van der Waals surface area contributed by atoms with E-state index in [0.29, 0.717) is 0 Å². The van der Waals surface area contributed by atoms with Crippen molar-refractivity contribution in [2.24, 2.45) is 0 Å². The van der Waals surface area contributed by atoms with Gasteiger partial charge in [0.05, 0.1) is 0 Å². The van der Waals surface area contributed by atoms with E-state index in [9.17, 15) is 4.79 Å². The molecule has 4 nitrogen and oxygen atoms in total. The number of amides is 1. The molecule has 1 fully saturated rings. The molecule has 0 bridgehead atoms. The fraction of sp³-hybridized carbons (Fsp3) is 0.350. The van der Waals surface area contributed by atoms with Gasteiger partial charge in [-0.2, -0.15) is 0 Å². The summed E-state index contributed by atoms with van der Waals surface area (Å²) in [7, 11) is 0. The second-order valence-electron chi connectivity index (χ2n) is 6.22. The maximum atomic E-state index is 12.6. The van der Waals surface area contributed by atoms with Gasteiger partial charge in [0.1, 0.15) is 5.75 Å². The summed E-state index contributed by atoms with van der Waals surface area (Å²) in [5.74, 6) is 0.799. The van der Waals surface area contributed by atoms with Gasteiger partial charge in [0, 0.05) is 31.9 Å². The first-order valence-electron chi connectivity index (χ1n) is 8.45. The van der Waals surface area contributed by atoms with Gasteiger partial charge in [0.15, 0.2) is 6.10 Å². The van der Waals surface area contributed by atoms with E-state index in [1.165, 1.54) is 11.3 Å². The molecule has 0 spiro atoms. The Hall–Kier alpha value is -2.49. The fourth-order valence-electron chi connectivity index (χ4n) is 2.95. The maximum absolute atomic E-state index is 12.6. The van der Waals surface area contributed by atoms with Gasteiger partial charge in [-0.1, -0.05) is 35.9 Å². The first-order chi connectivity index (χ1) is 11.6. The number of aryl methyl sites for hydroxylation is 1. The summed E-state index contributed by atoms with van der Waals surface area (Å²) in [5, 5.41) is 0. The fourth-order valence-corrected chi connectivity index (χ4v) is 2.95. The number of benzene rings is 2. The molecule has 0 radical (unpaired) electrons. The van der Waals surface area contributed by atoms with Crippen molar-refractivity contribution < 1.29 is 9.53 Å².